The van der Waals surface area contributed by atoms with Crippen molar-refractivity contribution in [2.45, 2.75) is 50.7 Å². The number of carbonyl (C=O) groups excluding carboxylic acids is 1. The number of aromatic amines is 1. The van der Waals surface area contributed by atoms with Gasteiger partial charge in [-0.05, 0) is 33.1 Å². The Morgan fingerprint density at radius 2 is 2.23 bits per heavy atom. The highest BCUT2D eigenvalue weighted by Crippen LogP contribution is 2.39. The second-order valence-corrected chi connectivity index (χ2v) is 6.74. The number of fused-ring (bicyclic) bond motifs is 1. The van der Waals surface area contributed by atoms with E-state index in [4.69, 9.17) is 4.74 Å². The van der Waals surface area contributed by atoms with Crippen LogP contribution in [0.2, 0.25) is 0 Å². The van der Waals surface area contributed by atoms with Gasteiger partial charge in [-0.3, -0.25) is 4.79 Å². The highest BCUT2D eigenvalue weighted by atomic mass is 16.5. The van der Waals surface area contributed by atoms with E-state index in [1.165, 1.54) is 12.8 Å². The average Bonchev–Trinajstić information content (AvgIpc) is 3.17. The molecule has 0 spiro atoms. The number of aromatic nitrogens is 3. The summed E-state index contributed by atoms with van der Waals surface area (Å²) >= 11 is 0. The fraction of sp³-hybridized carbons (Fsp3) is 0.562. The van der Waals surface area contributed by atoms with Crippen molar-refractivity contribution in [2.24, 2.45) is 0 Å². The molecule has 1 aliphatic heterocycles. The van der Waals surface area contributed by atoms with Crippen LogP contribution in [0.5, 0.6) is 0 Å². The monoisotopic (exact) mass is 300 g/mol. The molecule has 0 bridgehead atoms. The van der Waals surface area contributed by atoms with Crippen molar-refractivity contribution in [1.29, 1.82) is 0 Å². The zero-order chi connectivity index (χ0) is 15.3. The highest BCUT2D eigenvalue weighted by Gasteiger charge is 2.37. The Labute approximate surface area is 128 Å². The van der Waals surface area contributed by atoms with E-state index in [1.807, 2.05) is 20.0 Å². The molecule has 1 saturated heterocycles. The Kier molecular flexibility index (Phi) is 2.97. The number of ether oxygens (including phenoxy) is 1. The number of amides is 1. The molecular formula is C16H20N4O2. The summed E-state index contributed by atoms with van der Waals surface area (Å²) < 4.78 is 5.67. The van der Waals surface area contributed by atoms with Crippen LogP contribution in [0.15, 0.2) is 12.4 Å². The van der Waals surface area contributed by atoms with Gasteiger partial charge in [0.05, 0.1) is 29.1 Å². The van der Waals surface area contributed by atoms with Gasteiger partial charge in [0, 0.05) is 18.7 Å². The summed E-state index contributed by atoms with van der Waals surface area (Å²) in [5.74, 6) is 0.405. The van der Waals surface area contributed by atoms with Gasteiger partial charge in [-0.15, -0.1) is 0 Å². The van der Waals surface area contributed by atoms with Crippen LogP contribution < -0.4 is 5.32 Å². The van der Waals surface area contributed by atoms with Crippen LogP contribution in [0, 0.1) is 0 Å². The van der Waals surface area contributed by atoms with Crippen molar-refractivity contribution < 1.29 is 9.53 Å². The van der Waals surface area contributed by atoms with Gasteiger partial charge in [-0.25, -0.2) is 9.97 Å². The predicted molar refractivity (Wildman–Crippen MR) is 81.8 cm³/mol. The number of nitrogens with one attached hydrogen (secondary N) is 2. The molecule has 2 aromatic heterocycles. The van der Waals surface area contributed by atoms with E-state index in [9.17, 15) is 4.79 Å². The first kappa shape index (κ1) is 13.7. The maximum atomic E-state index is 12.6. The molecule has 2 fully saturated rings. The number of nitrogens with zero attached hydrogens (tertiary/aromatic N) is 2. The molecular weight excluding hydrogens is 280 g/mol. The molecule has 1 saturated carbocycles. The van der Waals surface area contributed by atoms with Gasteiger partial charge >= 0.3 is 0 Å². The van der Waals surface area contributed by atoms with E-state index in [0.717, 1.165) is 12.1 Å². The second kappa shape index (κ2) is 4.78. The maximum Gasteiger partial charge on any atom is 0.255 e. The highest BCUT2D eigenvalue weighted by molar-refractivity contribution is 6.04. The molecule has 4 rings (SSSR count). The third kappa shape index (κ3) is 2.27. The molecule has 2 N–H and O–H groups in total. The standard InChI is InChI=1S/C16H20N4O2/c1-16(2)12(5-6-22-16)20-15(21)10-7-17-14-13(10)19-11(8-18-14)9-3-4-9/h7-9,12H,3-6H2,1-2H3,(H,17,18)(H,20,21). The fourth-order valence-corrected chi connectivity index (χ4v) is 3.02. The number of rotatable bonds is 3. The number of carbonyl (C=O) groups is 1. The topological polar surface area (TPSA) is 79.9 Å². The lowest BCUT2D eigenvalue weighted by Gasteiger charge is -2.26. The summed E-state index contributed by atoms with van der Waals surface area (Å²) in [6, 6.07) is 0.0181. The van der Waals surface area contributed by atoms with Gasteiger partial charge in [-0.2, -0.15) is 0 Å². The van der Waals surface area contributed by atoms with Gasteiger partial charge in [0.25, 0.3) is 5.91 Å². The zero-order valence-corrected chi connectivity index (χ0v) is 12.8. The lowest BCUT2D eigenvalue weighted by atomic mass is 9.99. The molecule has 1 aliphatic carbocycles. The predicted octanol–water partition coefficient (Wildman–Crippen LogP) is 2.13. The molecule has 0 aromatic carbocycles. The Bertz CT molecular complexity index is 733. The van der Waals surface area contributed by atoms with E-state index >= 15 is 0 Å². The van der Waals surface area contributed by atoms with Gasteiger partial charge in [-0.1, -0.05) is 0 Å². The SMILES string of the molecule is CC1(C)OCCC1NC(=O)c1c[nH]c2ncc(C3CC3)nc12. The van der Waals surface area contributed by atoms with Crippen LogP contribution in [0.3, 0.4) is 0 Å². The van der Waals surface area contributed by atoms with E-state index in [0.29, 0.717) is 29.3 Å². The van der Waals surface area contributed by atoms with Gasteiger partial charge < -0.3 is 15.0 Å². The third-order valence-electron chi connectivity index (χ3n) is 4.66. The molecule has 1 atom stereocenters. The van der Waals surface area contributed by atoms with Crippen molar-refractivity contribution in [3.05, 3.63) is 23.7 Å². The molecule has 22 heavy (non-hydrogen) atoms. The lowest BCUT2D eigenvalue weighted by Crippen LogP contribution is -2.46. The van der Waals surface area contributed by atoms with E-state index in [1.54, 1.807) is 6.20 Å². The summed E-state index contributed by atoms with van der Waals surface area (Å²) in [7, 11) is 0. The Hall–Kier alpha value is -1.95. The quantitative estimate of drug-likeness (QED) is 0.910. The van der Waals surface area contributed by atoms with Gasteiger partial charge in [0.2, 0.25) is 0 Å². The summed E-state index contributed by atoms with van der Waals surface area (Å²) in [5.41, 5.74) is 2.56. The first-order chi connectivity index (χ1) is 10.5. The van der Waals surface area contributed by atoms with Crippen molar-refractivity contribution in [1.82, 2.24) is 20.3 Å². The smallest absolute Gasteiger partial charge is 0.255 e. The molecule has 6 nitrogen and oxygen atoms in total. The lowest BCUT2D eigenvalue weighted by molar-refractivity contribution is 0.0213. The van der Waals surface area contributed by atoms with Crippen LogP contribution in [0.25, 0.3) is 11.2 Å². The number of hydrogen-bond acceptors (Lipinski definition) is 4. The van der Waals surface area contributed by atoms with E-state index in [-0.39, 0.29) is 17.6 Å². The van der Waals surface area contributed by atoms with Crippen LogP contribution in [-0.2, 0) is 4.74 Å². The molecule has 1 unspecified atom stereocenters. The summed E-state index contributed by atoms with van der Waals surface area (Å²) in [6.45, 7) is 4.69. The normalized spacial score (nSPS) is 23.8. The van der Waals surface area contributed by atoms with Crippen LogP contribution in [0.4, 0.5) is 0 Å². The minimum atomic E-state index is -0.327. The number of hydrogen-bond donors (Lipinski definition) is 2. The molecule has 116 valence electrons. The first-order valence-electron chi connectivity index (χ1n) is 7.83. The first-order valence-corrected chi connectivity index (χ1v) is 7.83. The van der Waals surface area contributed by atoms with Crippen LogP contribution >= 0.6 is 0 Å². The third-order valence-corrected chi connectivity index (χ3v) is 4.66. The minimum absolute atomic E-state index is 0.0181. The van der Waals surface area contributed by atoms with Gasteiger partial charge in [0.1, 0.15) is 5.52 Å². The molecule has 3 heterocycles. The van der Waals surface area contributed by atoms with Crippen LogP contribution in [-0.4, -0.2) is 39.1 Å². The van der Waals surface area contributed by atoms with E-state index in [2.05, 4.69) is 20.3 Å². The summed E-state index contributed by atoms with van der Waals surface area (Å²) in [5, 5.41) is 3.08. The van der Waals surface area contributed by atoms with Crippen molar-refractivity contribution in [3.63, 3.8) is 0 Å². The second-order valence-electron chi connectivity index (χ2n) is 6.74. The number of H-pyrrole nitrogens is 1. The van der Waals surface area contributed by atoms with Crippen molar-refractivity contribution in [3.8, 4) is 0 Å². The average molecular weight is 300 g/mol. The summed E-state index contributed by atoms with van der Waals surface area (Å²) in [4.78, 5) is 24.7. The summed E-state index contributed by atoms with van der Waals surface area (Å²) in [6.07, 6.45) is 6.67. The van der Waals surface area contributed by atoms with Crippen molar-refractivity contribution in [2.75, 3.05) is 6.61 Å². The largest absolute Gasteiger partial charge is 0.373 e. The van der Waals surface area contributed by atoms with E-state index < -0.39 is 0 Å². The zero-order valence-electron chi connectivity index (χ0n) is 12.8. The molecule has 0 radical (unpaired) electrons. The molecule has 1 amide bonds. The maximum absolute atomic E-state index is 12.6. The fourth-order valence-electron chi connectivity index (χ4n) is 3.02. The van der Waals surface area contributed by atoms with Gasteiger partial charge in [0.15, 0.2) is 5.65 Å². The Morgan fingerprint density at radius 3 is 2.91 bits per heavy atom. The Morgan fingerprint density at radius 1 is 1.41 bits per heavy atom. The minimum Gasteiger partial charge on any atom is -0.373 e. The van der Waals surface area contributed by atoms with Crippen molar-refractivity contribution >= 4 is 17.1 Å². The molecule has 2 aliphatic rings. The van der Waals surface area contributed by atoms with Crippen LogP contribution in [0.1, 0.15) is 55.1 Å². The molecule has 2 aromatic rings. The molecule has 6 heteroatoms. The Balaban J connectivity index is 1.62.